The van der Waals surface area contributed by atoms with Crippen LogP contribution in [0.25, 0.3) is 0 Å². The summed E-state index contributed by atoms with van der Waals surface area (Å²) in [5.74, 6) is 0. The summed E-state index contributed by atoms with van der Waals surface area (Å²) in [6.45, 7) is 4.52. The molecule has 4 nitrogen and oxygen atoms in total. The second-order valence-electron chi connectivity index (χ2n) is 4.30. The van der Waals surface area contributed by atoms with Crippen molar-refractivity contribution in [3.8, 4) is 0 Å². The third-order valence-electron chi connectivity index (χ3n) is 2.51. The van der Waals surface area contributed by atoms with Gasteiger partial charge in [-0.1, -0.05) is 0 Å². The maximum atomic E-state index is 12.1. The third-order valence-corrected chi connectivity index (χ3v) is 4.97. The van der Waals surface area contributed by atoms with Crippen LogP contribution >= 0.6 is 43.2 Å². The summed E-state index contributed by atoms with van der Waals surface area (Å²) in [7, 11) is 0. The molecule has 2 heterocycles. The van der Waals surface area contributed by atoms with E-state index in [-0.39, 0.29) is 11.6 Å². The molecule has 19 heavy (non-hydrogen) atoms. The Balaban J connectivity index is 2.18. The number of anilines is 1. The van der Waals surface area contributed by atoms with Gasteiger partial charge in [0.1, 0.15) is 4.47 Å². The Labute approximate surface area is 132 Å². The second-order valence-corrected chi connectivity index (χ2v) is 7.00. The van der Waals surface area contributed by atoms with Crippen molar-refractivity contribution in [3.05, 3.63) is 41.8 Å². The monoisotopic (exact) mass is 405 g/mol. The molecule has 0 atom stereocenters. The fourth-order valence-electron chi connectivity index (χ4n) is 1.56. The first-order valence-electron chi connectivity index (χ1n) is 5.73. The van der Waals surface area contributed by atoms with Crippen molar-refractivity contribution in [2.45, 2.75) is 26.4 Å². The topological polar surface area (TPSA) is 46.9 Å². The van der Waals surface area contributed by atoms with Crippen molar-refractivity contribution in [1.29, 1.82) is 0 Å². The molecule has 0 unspecified atom stereocenters. The first-order chi connectivity index (χ1) is 8.99. The Morgan fingerprint density at radius 1 is 1.47 bits per heavy atom. The number of hydrogen-bond acceptors (Lipinski definition) is 4. The summed E-state index contributed by atoms with van der Waals surface area (Å²) >= 11 is 8.41. The van der Waals surface area contributed by atoms with Gasteiger partial charge in [0.25, 0.3) is 5.56 Å². The third kappa shape index (κ3) is 3.46. The van der Waals surface area contributed by atoms with Gasteiger partial charge in [-0.15, -0.1) is 11.3 Å². The highest BCUT2D eigenvalue weighted by atomic mass is 79.9. The number of rotatable bonds is 4. The molecule has 2 aromatic rings. The fourth-order valence-corrected chi connectivity index (χ4v) is 3.38. The van der Waals surface area contributed by atoms with Crippen LogP contribution in [0.4, 0.5) is 5.69 Å². The Hall–Kier alpha value is -0.660. The van der Waals surface area contributed by atoms with Crippen molar-refractivity contribution < 1.29 is 0 Å². The van der Waals surface area contributed by atoms with Gasteiger partial charge in [0.05, 0.1) is 17.9 Å². The minimum absolute atomic E-state index is 0.0473. The lowest BCUT2D eigenvalue weighted by molar-refractivity contribution is 0.501. The minimum atomic E-state index is -0.118. The number of nitrogens with zero attached hydrogens (tertiary/aromatic N) is 2. The van der Waals surface area contributed by atoms with Crippen LogP contribution < -0.4 is 10.9 Å². The van der Waals surface area contributed by atoms with Crippen molar-refractivity contribution in [1.82, 2.24) is 9.78 Å². The molecule has 0 saturated heterocycles. The van der Waals surface area contributed by atoms with Gasteiger partial charge >= 0.3 is 0 Å². The predicted molar refractivity (Wildman–Crippen MR) is 85.9 cm³/mol. The van der Waals surface area contributed by atoms with E-state index in [9.17, 15) is 4.79 Å². The van der Waals surface area contributed by atoms with Crippen LogP contribution in [0.15, 0.2) is 31.4 Å². The van der Waals surface area contributed by atoms with Crippen LogP contribution in [0.2, 0.25) is 0 Å². The minimum Gasteiger partial charge on any atom is -0.378 e. The number of thiophene rings is 1. The second kappa shape index (κ2) is 6.19. The van der Waals surface area contributed by atoms with Gasteiger partial charge in [0.15, 0.2) is 0 Å². The molecule has 1 N–H and O–H groups in total. The van der Waals surface area contributed by atoms with E-state index < -0.39 is 0 Å². The van der Waals surface area contributed by atoms with Gasteiger partial charge in [-0.05, 0) is 51.8 Å². The first kappa shape index (κ1) is 14.7. The highest BCUT2D eigenvalue weighted by Crippen LogP contribution is 2.22. The van der Waals surface area contributed by atoms with Gasteiger partial charge in [-0.2, -0.15) is 5.10 Å². The number of hydrogen-bond donors (Lipinski definition) is 1. The zero-order valence-electron chi connectivity index (χ0n) is 10.5. The molecule has 0 saturated carbocycles. The fraction of sp³-hybridized carbons (Fsp3) is 0.333. The quantitative estimate of drug-likeness (QED) is 0.833. The normalized spacial score (nSPS) is 11.0. The van der Waals surface area contributed by atoms with Crippen LogP contribution in [0, 0.1) is 0 Å². The standard InChI is InChI=1S/C12H13Br2N3OS/c1-7(2)17-12(18)11(14)10(5-16-17)15-4-9-3-8(13)6-19-9/h3,5-7,15H,4H2,1-2H3. The van der Waals surface area contributed by atoms with Crippen molar-refractivity contribution in [3.63, 3.8) is 0 Å². The van der Waals surface area contributed by atoms with Crippen LogP contribution in [0.5, 0.6) is 0 Å². The van der Waals surface area contributed by atoms with E-state index in [0.717, 1.165) is 4.47 Å². The molecule has 0 aliphatic rings. The summed E-state index contributed by atoms with van der Waals surface area (Å²) in [6, 6.07) is 2.10. The van der Waals surface area contributed by atoms with Crippen LogP contribution in [-0.4, -0.2) is 9.78 Å². The largest absolute Gasteiger partial charge is 0.378 e. The molecule has 102 valence electrons. The molecule has 0 bridgehead atoms. The summed E-state index contributed by atoms with van der Waals surface area (Å²) in [4.78, 5) is 13.2. The van der Waals surface area contributed by atoms with E-state index in [2.05, 4.69) is 42.3 Å². The van der Waals surface area contributed by atoms with E-state index in [1.807, 2.05) is 25.3 Å². The highest BCUT2D eigenvalue weighted by Gasteiger charge is 2.10. The van der Waals surface area contributed by atoms with Crippen LogP contribution in [0.3, 0.4) is 0 Å². The maximum absolute atomic E-state index is 12.1. The average Bonchev–Trinajstić information content (AvgIpc) is 2.76. The summed E-state index contributed by atoms with van der Waals surface area (Å²) < 4.78 is 3.05. The molecule has 0 aromatic carbocycles. The Bertz CT molecular complexity index is 636. The number of aromatic nitrogens is 2. The van der Waals surface area contributed by atoms with Crippen molar-refractivity contribution >= 4 is 48.9 Å². The van der Waals surface area contributed by atoms with Gasteiger partial charge in [-0.25, -0.2) is 4.68 Å². The zero-order valence-corrected chi connectivity index (χ0v) is 14.5. The summed E-state index contributed by atoms with van der Waals surface area (Å²) in [6.07, 6.45) is 1.67. The number of nitrogens with one attached hydrogen (secondary N) is 1. The van der Waals surface area contributed by atoms with Crippen LogP contribution in [-0.2, 0) is 6.54 Å². The zero-order chi connectivity index (χ0) is 14.0. The maximum Gasteiger partial charge on any atom is 0.283 e. The van der Waals surface area contributed by atoms with E-state index in [1.54, 1.807) is 17.5 Å². The molecule has 0 radical (unpaired) electrons. The van der Waals surface area contributed by atoms with Gasteiger partial charge in [-0.3, -0.25) is 4.79 Å². The van der Waals surface area contributed by atoms with E-state index in [4.69, 9.17) is 0 Å². The highest BCUT2D eigenvalue weighted by molar-refractivity contribution is 9.10. The van der Waals surface area contributed by atoms with E-state index in [1.165, 1.54) is 9.56 Å². The van der Waals surface area contributed by atoms with Gasteiger partial charge < -0.3 is 5.32 Å². The average molecular weight is 407 g/mol. The molecular weight excluding hydrogens is 394 g/mol. The molecule has 0 aliphatic carbocycles. The molecule has 2 aromatic heterocycles. The predicted octanol–water partition coefficient (Wildman–Crippen LogP) is 4.02. The van der Waals surface area contributed by atoms with Crippen LogP contribution in [0.1, 0.15) is 24.8 Å². The molecule has 7 heteroatoms. The van der Waals surface area contributed by atoms with Crippen molar-refractivity contribution in [2.24, 2.45) is 0 Å². The molecular formula is C12H13Br2N3OS. The van der Waals surface area contributed by atoms with E-state index >= 15 is 0 Å². The lowest BCUT2D eigenvalue weighted by Gasteiger charge is -2.11. The molecule has 0 fully saturated rings. The lowest BCUT2D eigenvalue weighted by atomic mass is 10.4. The molecule has 0 amide bonds. The van der Waals surface area contributed by atoms with Gasteiger partial charge in [0.2, 0.25) is 0 Å². The van der Waals surface area contributed by atoms with E-state index in [0.29, 0.717) is 16.7 Å². The summed E-state index contributed by atoms with van der Waals surface area (Å²) in [5.41, 5.74) is 0.596. The SMILES string of the molecule is CC(C)n1ncc(NCc2cc(Br)cs2)c(Br)c1=O. The molecule has 0 spiro atoms. The molecule has 0 aliphatic heterocycles. The Morgan fingerprint density at radius 2 is 2.21 bits per heavy atom. The molecule has 2 rings (SSSR count). The summed E-state index contributed by atoms with van der Waals surface area (Å²) in [5, 5.41) is 9.41. The van der Waals surface area contributed by atoms with Crippen molar-refractivity contribution in [2.75, 3.05) is 5.32 Å². The Kier molecular flexibility index (Phi) is 4.81. The van der Waals surface area contributed by atoms with Gasteiger partial charge in [0, 0.05) is 21.3 Å². The number of halogens is 2. The Morgan fingerprint density at radius 3 is 2.79 bits per heavy atom. The first-order valence-corrected chi connectivity index (χ1v) is 8.19. The smallest absolute Gasteiger partial charge is 0.283 e. The lowest BCUT2D eigenvalue weighted by Crippen LogP contribution is -2.25.